The van der Waals surface area contributed by atoms with Gasteiger partial charge in [-0.15, -0.1) is 11.3 Å². The molecule has 0 spiro atoms. The number of pyridine rings is 1. The zero-order valence-corrected chi connectivity index (χ0v) is 18.6. The summed E-state index contributed by atoms with van der Waals surface area (Å²) in [7, 11) is -3.57. The minimum atomic E-state index is -3.57. The van der Waals surface area contributed by atoms with Crippen LogP contribution in [0.5, 0.6) is 5.88 Å². The van der Waals surface area contributed by atoms with Crippen LogP contribution in [0.1, 0.15) is 25.3 Å². The van der Waals surface area contributed by atoms with E-state index in [1.807, 2.05) is 13.0 Å². The smallest absolute Gasteiger partial charge is 0.252 e. The lowest BCUT2D eigenvalue weighted by Crippen LogP contribution is -2.45. The zero-order valence-electron chi connectivity index (χ0n) is 15.4. The first-order valence-corrected chi connectivity index (χ1v) is 12.1. The monoisotopic (exact) mass is 487 g/mol. The molecule has 152 valence electrons. The SMILES string of the molecule is CCOc1cc(CNC(=O)C2CCCN(S(=O)(=O)c3ccc(Br)s3)C2)ccn1. The number of ether oxygens (including phenoxy) is 1. The molecule has 2 aromatic heterocycles. The second kappa shape index (κ2) is 9.34. The molecule has 1 aliphatic heterocycles. The molecule has 28 heavy (non-hydrogen) atoms. The van der Waals surface area contributed by atoms with E-state index in [-0.39, 0.29) is 18.4 Å². The van der Waals surface area contributed by atoms with Crippen LogP contribution in [0.15, 0.2) is 38.5 Å². The first kappa shape index (κ1) is 21.2. The third-order valence-corrected chi connectivity index (χ3v) is 8.41. The number of piperidine rings is 1. The highest BCUT2D eigenvalue weighted by Crippen LogP contribution is 2.30. The van der Waals surface area contributed by atoms with Gasteiger partial charge in [0, 0.05) is 31.9 Å². The fraction of sp³-hybridized carbons (Fsp3) is 0.444. The molecule has 0 saturated carbocycles. The van der Waals surface area contributed by atoms with Crippen molar-refractivity contribution in [3.05, 3.63) is 39.8 Å². The Bertz CT molecular complexity index is 932. The van der Waals surface area contributed by atoms with E-state index in [2.05, 4.69) is 26.2 Å². The van der Waals surface area contributed by atoms with E-state index < -0.39 is 10.0 Å². The summed E-state index contributed by atoms with van der Waals surface area (Å²) in [5, 5.41) is 2.91. The third kappa shape index (κ3) is 5.11. The number of carbonyl (C=O) groups is 1. The van der Waals surface area contributed by atoms with Gasteiger partial charge in [0.1, 0.15) is 4.21 Å². The van der Waals surface area contributed by atoms with Gasteiger partial charge in [-0.3, -0.25) is 4.79 Å². The summed E-state index contributed by atoms with van der Waals surface area (Å²) in [5.41, 5.74) is 0.885. The van der Waals surface area contributed by atoms with Crippen molar-refractivity contribution in [1.29, 1.82) is 0 Å². The van der Waals surface area contributed by atoms with E-state index >= 15 is 0 Å². The first-order chi connectivity index (χ1) is 13.4. The van der Waals surface area contributed by atoms with Crippen LogP contribution in [0.4, 0.5) is 0 Å². The quantitative estimate of drug-likeness (QED) is 0.648. The molecule has 1 fully saturated rings. The summed E-state index contributed by atoms with van der Waals surface area (Å²) in [4.78, 5) is 16.7. The number of nitrogens with zero attached hydrogens (tertiary/aromatic N) is 2. The molecule has 2 aromatic rings. The van der Waals surface area contributed by atoms with Crippen LogP contribution in [-0.4, -0.2) is 43.3 Å². The number of thiophene rings is 1. The van der Waals surface area contributed by atoms with E-state index in [1.165, 1.54) is 15.6 Å². The van der Waals surface area contributed by atoms with E-state index in [0.717, 1.165) is 9.35 Å². The Hall–Kier alpha value is -1.49. The maximum atomic E-state index is 12.8. The van der Waals surface area contributed by atoms with Crippen LogP contribution in [0.25, 0.3) is 0 Å². The van der Waals surface area contributed by atoms with Gasteiger partial charge in [0.05, 0.1) is 16.3 Å². The average Bonchev–Trinajstić information content (AvgIpc) is 3.14. The normalized spacial score (nSPS) is 18.0. The number of carbonyl (C=O) groups excluding carboxylic acids is 1. The average molecular weight is 488 g/mol. The largest absolute Gasteiger partial charge is 0.478 e. The molecular formula is C18H22BrN3O4S2. The molecule has 3 rings (SSSR count). The second-order valence-electron chi connectivity index (χ2n) is 6.41. The van der Waals surface area contributed by atoms with Gasteiger partial charge >= 0.3 is 0 Å². The van der Waals surface area contributed by atoms with Gasteiger partial charge in [0.15, 0.2) is 0 Å². The third-order valence-electron chi connectivity index (χ3n) is 4.46. The molecule has 10 heteroatoms. The number of halogens is 1. The van der Waals surface area contributed by atoms with Crippen molar-refractivity contribution < 1.29 is 17.9 Å². The van der Waals surface area contributed by atoms with Crippen LogP contribution < -0.4 is 10.1 Å². The van der Waals surface area contributed by atoms with Gasteiger partial charge in [0.25, 0.3) is 10.0 Å². The predicted molar refractivity (Wildman–Crippen MR) is 111 cm³/mol. The summed E-state index contributed by atoms with van der Waals surface area (Å²) in [6.45, 7) is 3.39. The van der Waals surface area contributed by atoms with Crippen LogP contribution in [-0.2, 0) is 21.4 Å². The number of amides is 1. The molecule has 1 saturated heterocycles. The highest BCUT2D eigenvalue weighted by Gasteiger charge is 2.34. The number of hydrogen-bond acceptors (Lipinski definition) is 6. The molecule has 0 aliphatic carbocycles. The van der Waals surface area contributed by atoms with Crippen molar-refractivity contribution in [3.8, 4) is 5.88 Å². The van der Waals surface area contributed by atoms with Gasteiger partial charge < -0.3 is 10.1 Å². The second-order valence-corrected chi connectivity index (χ2v) is 11.0. The minimum absolute atomic E-state index is 0.137. The van der Waals surface area contributed by atoms with Crippen LogP contribution >= 0.6 is 27.3 Å². The van der Waals surface area contributed by atoms with E-state index in [0.29, 0.717) is 42.6 Å². The predicted octanol–water partition coefficient (Wildman–Crippen LogP) is 3.02. The molecule has 0 bridgehead atoms. The van der Waals surface area contributed by atoms with Gasteiger partial charge in [0.2, 0.25) is 11.8 Å². The minimum Gasteiger partial charge on any atom is -0.478 e. The van der Waals surface area contributed by atoms with Crippen molar-refractivity contribution in [1.82, 2.24) is 14.6 Å². The Kier molecular flexibility index (Phi) is 7.08. The summed E-state index contributed by atoms with van der Waals surface area (Å²) >= 11 is 4.48. The van der Waals surface area contributed by atoms with Crippen molar-refractivity contribution in [3.63, 3.8) is 0 Å². The van der Waals surface area contributed by atoms with Crippen LogP contribution in [0.3, 0.4) is 0 Å². The Morgan fingerprint density at radius 1 is 1.43 bits per heavy atom. The first-order valence-electron chi connectivity index (χ1n) is 9.01. The van der Waals surface area contributed by atoms with Crippen LogP contribution in [0.2, 0.25) is 0 Å². The number of sulfonamides is 1. The molecule has 1 atom stereocenters. The fourth-order valence-corrected chi connectivity index (χ4v) is 6.75. The Morgan fingerprint density at radius 3 is 2.96 bits per heavy atom. The highest BCUT2D eigenvalue weighted by atomic mass is 79.9. The lowest BCUT2D eigenvalue weighted by atomic mass is 9.99. The lowest BCUT2D eigenvalue weighted by Gasteiger charge is -2.30. The maximum Gasteiger partial charge on any atom is 0.252 e. The molecule has 1 aliphatic rings. The van der Waals surface area contributed by atoms with E-state index in [4.69, 9.17) is 4.74 Å². The number of rotatable bonds is 7. The van der Waals surface area contributed by atoms with Crippen molar-refractivity contribution >= 4 is 43.2 Å². The molecule has 7 nitrogen and oxygen atoms in total. The molecule has 0 aromatic carbocycles. The highest BCUT2D eigenvalue weighted by molar-refractivity contribution is 9.11. The van der Waals surface area contributed by atoms with Gasteiger partial charge in [-0.25, -0.2) is 13.4 Å². The molecule has 3 heterocycles. The molecular weight excluding hydrogens is 466 g/mol. The van der Waals surface area contributed by atoms with E-state index in [9.17, 15) is 13.2 Å². The topological polar surface area (TPSA) is 88.6 Å². The molecule has 1 amide bonds. The zero-order chi connectivity index (χ0) is 20.1. The van der Waals surface area contributed by atoms with Crippen molar-refractivity contribution in [2.24, 2.45) is 5.92 Å². The van der Waals surface area contributed by atoms with Gasteiger partial charge in [-0.1, -0.05) is 0 Å². The van der Waals surface area contributed by atoms with Crippen molar-refractivity contribution in [2.75, 3.05) is 19.7 Å². The summed E-state index contributed by atoms with van der Waals surface area (Å²) < 4.78 is 33.5. The summed E-state index contributed by atoms with van der Waals surface area (Å²) in [6.07, 6.45) is 2.97. The summed E-state index contributed by atoms with van der Waals surface area (Å²) in [6, 6.07) is 6.91. The fourth-order valence-electron chi connectivity index (χ4n) is 3.06. The van der Waals surface area contributed by atoms with Gasteiger partial charge in [-0.2, -0.15) is 4.31 Å². The molecule has 1 N–H and O–H groups in total. The Morgan fingerprint density at radius 2 is 2.25 bits per heavy atom. The number of hydrogen-bond donors (Lipinski definition) is 1. The van der Waals surface area contributed by atoms with Gasteiger partial charge in [-0.05, 0) is 59.5 Å². The Balaban J connectivity index is 1.61. The van der Waals surface area contributed by atoms with Crippen LogP contribution in [0, 0.1) is 5.92 Å². The standard InChI is InChI=1S/C18H22BrN3O4S2/c1-2-26-16-10-13(7-8-20-16)11-21-18(23)14-4-3-9-22(12-14)28(24,25)17-6-5-15(19)27-17/h5-8,10,14H,2-4,9,11-12H2,1H3,(H,21,23). The summed E-state index contributed by atoms with van der Waals surface area (Å²) in [5.74, 6) is 0.0217. The number of aromatic nitrogens is 1. The Labute approximate surface area is 177 Å². The molecule has 0 radical (unpaired) electrons. The lowest BCUT2D eigenvalue weighted by molar-refractivity contribution is -0.126. The molecule has 1 unspecified atom stereocenters. The van der Waals surface area contributed by atoms with Crippen molar-refractivity contribution in [2.45, 2.75) is 30.5 Å². The van der Waals surface area contributed by atoms with E-state index in [1.54, 1.807) is 24.4 Å². The number of nitrogens with one attached hydrogen (secondary N) is 1. The maximum absolute atomic E-state index is 12.8.